The molecule has 1 aromatic carbocycles. The Morgan fingerprint density at radius 3 is 2.75 bits per heavy atom. The molecule has 1 atom stereocenters. The monoisotopic (exact) mass is 235 g/mol. The van der Waals surface area contributed by atoms with E-state index in [4.69, 9.17) is 10.8 Å². The first-order valence-electron chi connectivity index (χ1n) is 4.80. The topological polar surface area (TPSA) is 63.3 Å². The zero-order valence-electron chi connectivity index (χ0n) is 8.72. The van der Waals surface area contributed by atoms with E-state index >= 15 is 0 Å². The van der Waals surface area contributed by atoms with Crippen molar-refractivity contribution in [3.63, 3.8) is 0 Å². The Labute approximate surface area is 99.0 Å². The van der Waals surface area contributed by atoms with Gasteiger partial charge in [0.25, 0.3) is 0 Å². The average molecular weight is 235 g/mol. The van der Waals surface area contributed by atoms with Crippen molar-refractivity contribution in [1.82, 2.24) is 0 Å². The van der Waals surface area contributed by atoms with Crippen LogP contribution in [0, 0.1) is 11.8 Å². The van der Waals surface area contributed by atoms with E-state index in [1.807, 2.05) is 30.3 Å². The molecule has 0 radical (unpaired) electrons. The fourth-order valence-electron chi connectivity index (χ4n) is 0.968. The van der Waals surface area contributed by atoms with Crippen LogP contribution < -0.4 is 5.73 Å². The molecule has 0 aliphatic rings. The highest BCUT2D eigenvalue weighted by Gasteiger charge is 2.09. The molecule has 0 amide bonds. The number of hydrogen-bond acceptors (Lipinski definition) is 3. The van der Waals surface area contributed by atoms with E-state index in [0.29, 0.717) is 11.5 Å². The molecule has 1 aromatic rings. The van der Waals surface area contributed by atoms with E-state index in [1.165, 1.54) is 11.8 Å². The van der Waals surface area contributed by atoms with Crippen LogP contribution in [0.3, 0.4) is 0 Å². The molecule has 0 aromatic heterocycles. The van der Waals surface area contributed by atoms with Crippen molar-refractivity contribution in [2.75, 3.05) is 11.5 Å². The maximum absolute atomic E-state index is 10.4. The van der Waals surface area contributed by atoms with Crippen molar-refractivity contribution in [3.8, 4) is 11.8 Å². The first-order chi connectivity index (χ1) is 7.70. The predicted molar refractivity (Wildman–Crippen MR) is 66.3 cm³/mol. The fourth-order valence-corrected chi connectivity index (χ4v) is 1.66. The second kappa shape index (κ2) is 6.94. The van der Waals surface area contributed by atoms with Crippen molar-refractivity contribution in [2.24, 2.45) is 5.73 Å². The average Bonchev–Trinajstić information content (AvgIpc) is 2.29. The lowest BCUT2D eigenvalue weighted by Gasteiger charge is -2.02. The minimum absolute atomic E-state index is 0.388. The number of rotatable bonds is 4. The Morgan fingerprint density at radius 1 is 1.44 bits per heavy atom. The molecule has 0 saturated heterocycles. The van der Waals surface area contributed by atoms with Crippen LogP contribution in [0.15, 0.2) is 30.3 Å². The van der Waals surface area contributed by atoms with Crippen molar-refractivity contribution in [2.45, 2.75) is 6.04 Å². The SMILES string of the molecule is NC(CSCC#Cc1ccccc1)C(=O)O. The summed E-state index contributed by atoms with van der Waals surface area (Å²) >= 11 is 1.43. The van der Waals surface area contributed by atoms with Crippen molar-refractivity contribution >= 4 is 17.7 Å². The van der Waals surface area contributed by atoms with Gasteiger partial charge in [0.15, 0.2) is 0 Å². The van der Waals surface area contributed by atoms with E-state index < -0.39 is 12.0 Å². The van der Waals surface area contributed by atoms with E-state index in [-0.39, 0.29) is 0 Å². The molecule has 0 aliphatic heterocycles. The first kappa shape index (κ1) is 12.6. The van der Waals surface area contributed by atoms with Crippen molar-refractivity contribution < 1.29 is 9.90 Å². The number of aliphatic carboxylic acids is 1. The van der Waals surface area contributed by atoms with Gasteiger partial charge in [0, 0.05) is 11.3 Å². The summed E-state index contributed by atoms with van der Waals surface area (Å²) in [5, 5.41) is 8.54. The number of carboxylic acid groups (broad SMARTS) is 1. The zero-order valence-corrected chi connectivity index (χ0v) is 9.54. The van der Waals surface area contributed by atoms with Gasteiger partial charge in [0.2, 0.25) is 0 Å². The van der Waals surface area contributed by atoms with Gasteiger partial charge >= 0.3 is 5.97 Å². The minimum atomic E-state index is -0.969. The van der Waals surface area contributed by atoms with Gasteiger partial charge in [-0.3, -0.25) is 4.79 Å². The molecule has 84 valence electrons. The van der Waals surface area contributed by atoms with E-state index in [1.54, 1.807) is 0 Å². The van der Waals surface area contributed by atoms with Gasteiger partial charge in [-0.1, -0.05) is 30.0 Å². The second-order valence-electron chi connectivity index (χ2n) is 3.13. The van der Waals surface area contributed by atoms with E-state index in [0.717, 1.165) is 5.56 Å². The van der Waals surface area contributed by atoms with Crippen LogP contribution in [0.25, 0.3) is 0 Å². The molecule has 4 heteroatoms. The third-order valence-corrected chi connectivity index (χ3v) is 2.74. The van der Waals surface area contributed by atoms with Crippen LogP contribution >= 0.6 is 11.8 Å². The number of hydrogen-bond donors (Lipinski definition) is 2. The highest BCUT2D eigenvalue weighted by molar-refractivity contribution is 7.99. The molecule has 3 N–H and O–H groups in total. The van der Waals surface area contributed by atoms with Crippen LogP contribution in [0.1, 0.15) is 5.56 Å². The molecule has 3 nitrogen and oxygen atoms in total. The van der Waals surface area contributed by atoms with Gasteiger partial charge in [-0.25, -0.2) is 0 Å². The smallest absolute Gasteiger partial charge is 0.321 e. The molecule has 0 fully saturated rings. The summed E-state index contributed by atoms with van der Waals surface area (Å²) in [6, 6.07) is 8.85. The lowest BCUT2D eigenvalue weighted by molar-refractivity contribution is -0.137. The molecule has 0 spiro atoms. The molecule has 0 bridgehead atoms. The zero-order chi connectivity index (χ0) is 11.8. The summed E-state index contributed by atoms with van der Waals surface area (Å²) in [5.41, 5.74) is 6.30. The maximum Gasteiger partial charge on any atom is 0.321 e. The molecule has 16 heavy (non-hydrogen) atoms. The van der Waals surface area contributed by atoms with E-state index in [9.17, 15) is 4.79 Å². The van der Waals surface area contributed by atoms with Crippen LogP contribution in [0.5, 0.6) is 0 Å². The van der Waals surface area contributed by atoms with Crippen LogP contribution in [-0.4, -0.2) is 28.6 Å². The van der Waals surface area contributed by atoms with Gasteiger partial charge in [0.05, 0.1) is 5.75 Å². The standard InChI is InChI=1S/C12H13NO2S/c13-11(12(14)15)9-16-8-4-7-10-5-2-1-3-6-10/h1-3,5-6,11H,8-9,13H2,(H,14,15). The summed E-state index contributed by atoms with van der Waals surface area (Å²) in [4.78, 5) is 10.4. The van der Waals surface area contributed by atoms with E-state index in [2.05, 4.69) is 11.8 Å². The van der Waals surface area contributed by atoms with Crippen LogP contribution in [-0.2, 0) is 4.79 Å². The lowest BCUT2D eigenvalue weighted by atomic mass is 10.2. The molecule has 0 heterocycles. The lowest BCUT2D eigenvalue weighted by Crippen LogP contribution is -2.32. The molecule has 1 unspecified atom stereocenters. The summed E-state index contributed by atoms with van der Waals surface area (Å²) < 4.78 is 0. The van der Waals surface area contributed by atoms with Crippen molar-refractivity contribution in [1.29, 1.82) is 0 Å². The Morgan fingerprint density at radius 2 is 2.12 bits per heavy atom. The molecule has 1 rings (SSSR count). The highest BCUT2D eigenvalue weighted by Crippen LogP contribution is 2.01. The van der Waals surface area contributed by atoms with Gasteiger partial charge in [-0.05, 0) is 12.1 Å². The largest absolute Gasteiger partial charge is 0.480 e. The van der Waals surface area contributed by atoms with Gasteiger partial charge in [-0.2, -0.15) is 0 Å². The Bertz CT molecular complexity index is 394. The van der Waals surface area contributed by atoms with Crippen molar-refractivity contribution in [3.05, 3.63) is 35.9 Å². The third kappa shape index (κ3) is 4.87. The summed E-state index contributed by atoms with van der Waals surface area (Å²) in [6.07, 6.45) is 0. The number of benzene rings is 1. The Hall–Kier alpha value is -1.44. The minimum Gasteiger partial charge on any atom is -0.480 e. The quantitative estimate of drug-likeness (QED) is 0.607. The van der Waals surface area contributed by atoms with Gasteiger partial charge < -0.3 is 10.8 Å². The normalized spacial score (nSPS) is 11.3. The molecular weight excluding hydrogens is 222 g/mol. The van der Waals surface area contributed by atoms with Crippen LogP contribution in [0.2, 0.25) is 0 Å². The first-order valence-corrected chi connectivity index (χ1v) is 5.95. The third-order valence-electron chi connectivity index (χ3n) is 1.80. The number of carbonyl (C=O) groups is 1. The van der Waals surface area contributed by atoms with Crippen LogP contribution in [0.4, 0.5) is 0 Å². The van der Waals surface area contributed by atoms with Gasteiger partial charge in [0.1, 0.15) is 6.04 Å². The summed E-state index contributed by atoms with van der Waals surface area (Å²) in [7, 11) is 0. The molecular formula is C12H13NO2S. The summed E-state index contributed by atoms with van der Waals surface area (Å²) in [6.45, 7) is 0. The number of thioether (sulfide) groups is 1. The summed E-state index contributed by atoms with van der Waals surface area (Å²) in [5.74, 6) is 5.96. The predicted octanol–water partition coefficient (Wildman–Crippen LogP) is 1.18. The Balaban J connectivity index is 2.26. The maximum atomic E-state index is 10.4. The molecule has 0 saturated carbocycles. The molecule has 0 aliphatic carbocycles. The number of nitrogens with two attached hydrogens (primary N) is 1. The Kier molecular flexibility index (Phi) is 5.48. The number of carboxylic acids is 1. The highest BCUT2D eigenvalue weighted by atomic mass is 32.2. The fraction of sp³-hybridized carbons (Fsp3) is 0.250. The second-order valence-corrected chi connectivity index (χ2v) is 4.16. The van der Waals surface area contributed by atoms with Gasteiger partial charge in [-0.15, -0.1) is 11.8 Å².